The molecule has 2 aliphatic heterocycles. The number of carboxylic acid groups (broad SMARTS) is 1. The van der Waals surface area contributed by atoms with Gasteiger partial charge >= 0.3 is 5.97 Å². The number of ether oxygens (including phenoxy) is 2. The second-order valence-corrected chi connectivity index (χ2v) is 13.0. The Morgan fingerprint density at radius 3 is 2.38 bits per heavy atom. The van der Waals surface area contributed by atoms with Crippen LogP contribution in [-0.4, -0.2) is 32.6 Å². The Morgan fingerprint density at radius 2 is 1.75 bits per heavy atom. The fourth-order valence-corrected chi connectivity index (χ4v) is 5.08. The zero-order chi connectivity index (χ0) is 23.5. The molecule has 2 aromatic rings. The van der Waals surface area contributed by atoms with Gasteiger partial charge in [0.25, 0.3) is 0 Å². The maximum atomic E-state index is 13.2. The number of carboxylic acids is 1. The van der Waals surface area contributed by atoms with Crippen molar-refractivity contribution < 1.29 is 32.6 Å². The minimum absolute atomic E-state index is 0.327. The first-order chi connectivity index (χ1) is 15.0. The summed E-state index contributed by atoms with van der Waals surface area (Å²) in [5.41, 5.74) is 0.205. The second kappa shape index (κ2) is 9.26. The van der Waals surface area contributed by atoms with E-state index in [0.717, 1.165) is 0 Å². The van der Waals surface area contributed by atoms with Gasteiger partial charge in [0.15, 0.2) is 13.9 Å². The predicted octanol–water partition coefficient (Wildman–Crippen LogP) is 4.95. The van der Waals surface area contributed by atoms with Crippen molar-refractivity contribution in [2.75, 3.05) is 13.2 Å². The van der Waals surface area contributed by atoms with Gasteiger partial charge in [-0.2, -0.15) is 5.26 Å². The third kappa shape index (κ3) is 5.26. The zero-order valence-corrected chi connectivity index (χ0v) is 19.2. The van der Waals surface area contributed by atoms with Gasteiger partial charge in [0.2, 0.25) is 0 Å². The number of benzene rings is 2. The molecule has 0 aliphatic carbocycles. The molecule has 0 aromatic heterocycles. The van der Waals surface area contributed by atoms with Gasteiger partial charge in [0.05, 0.1) is 19.1 Å². The van der Waals surface area contributed by atoms with E-state index in [1.807, 2.05) is 19.6 Å². The van der Waals surface area contributed by atoms with E-state index in [1.54, 1.807) is 6.07 Å². The number of aliphatic carboxylic acids is 1. The number of halogens is 2. The highest BCUT2D eigenvalue weighted by Crippen LogP contribution is 2.41. The van der Waals surface area contributed by atoms with E-state index in [1.165, 1.54) is 30.3 Å². The summed E-state index contributed by atoms with van der Waals surface area (Å²) >= 11 is 0. The molecule has 1 N–H and O–H groups in total. The van der Waals surface area contributed by atoms with Crippen LogP contribution in [0.5, 0.6) is 11.5 Å². The number of nitriles is 1. The van der Waals surface area contributed by atoms with Crippen LogP contribution in [-0.2, 0) is 14.8 Å². The summed E-state index contributed by atoms with van der Waals surface area (Å²) in [4.78, 5) is 10.9. The zero-order valence-electron chi connectivity index (χ0n) is 18.2. The van der Waals surface area contributed by atoms with Gasteiger partial charge in [-0.25, -0.2) is 8.78 Å². The molecule has 0 amide bonds. The number of hydrogen-bond donors (Lipinski definition) is 1. The topological polar surface area (TPSA) is 88.8 Å². The Bertz CT molecular complexity index is 1050. The van der Waals surface area contributed by atoms with Gasteiger partial charge in [0.1, 0.15) is 29.2 Å². The van der Waals surface area contributed by atoms with E-state index in [9.17, 15) is 18.8 Å². The summed E-state index contributed by atoms with van der Waals surface area (Å²) in [6.45, 7) is 6.79. The van der Waals surface area contributed by atoms with Gasteiger partial charge in [0, 0.05) is 29.7 Å². The minimum atomic E-state index is -1.89. The molecule has 170 valence electrons. The van der Waals surface area contributed by atoms with Crippen LogP contribution in [0.4, 0.5) is 8.78 Å². The molecule has 6 nitrogen and oxygen atoms in total. The molecule has 2 atom stereocenters. The molecule has 0 saturated heterocycles. The molecule has 0 spiro atoms. The Morgan fingerprint density at radius 1 is 1.12 bits per heavy atom. The summed E-state index contributed by atoms with van der Waals surface area (Å²) in [6, 6.07) is 10.5. The first-order valence-corrected chi connectivity index (χ1v) is 13.6. The highest BCUT2D eigenvalue weighted by Gasteiger charge is 2.42. The Hall–Kier alpha value is -2.96. The van der Waals surface area contributed by atoms with Crippen molar-refractivity contribution in [2.45, 2.75) is 44.0 Å². The SMILES string of the molecule is C[Si](C)(C)OC1(C#N)CCOc2cc(F)ccc21.O=C(O)C1CCOc2cc(F)ccc21. The quantitative estimate of drug-likeness (QED) is 0.651. The van der Waals surface area contributed by atoms with Crippen LogP contribution in [0.1, 0.15) is 29.9 Å². The Kier molecular flexibility index (Phi) is 6.86. The molecule has 2 aliphatic rings. The van der Waals surface area contributed by atoms with Crippen LogP contribution >= 0.6 is 0 Å². The predicted molar refractivity (Wildman–Crippen MR) is 115 cm³/mol. The molecule has 0 saturated carbocycles. The van der Waals surface area contributed by atoms with E-state index in [0.29, 0.717) is 48.7 Å². The number of rotatable bonds is 3. The van der Waals surface area contributed by atoms with E-state index in [2.05, 4.69) is 6.07 Å². The van der Waals surface area contributed by atoms with Crippen molar-refractivity contribution in [3.05, 3.63) is 59.2 Å². The number of carbonyl (C=O) groups is 1. The molecule has 2 aromatic carbocycles. The number of fused-ring (bicyclic) bond motifs is 2. The van der Waals surface area contributed by atoms with Gasteiger partial charge in [-0.05, 0) is 44.3 Å². The first kappa shape index (κ1) is 23.7. The molecule has 32 heavy (non-hydrogen) atoms. The molecular formula is C23H25F2NO5Si. The molecule has 2 heterocycles. The molecule has 9 heteroatoms. The second-order valence-electron chi connectivity index (χ2n) is 8.60. The first-order valence-electron chi connectivity index (χ1n) is 10.2. The van der Waals surface area contributed by atoms with Crippen LogP contribution in [0.25, 0.3) is 0 Å². The van der Waals surface area contributed by atoms with Gasteiger partial charge in [-0.1, -0.05) is 6.07 Å². The Balaban J connectivity index is 0.000000186. The summed E-state index contributed by atoms with van der Waals surface area (Å²) in [7, 11) is -1.89. The highest BCUT2D eigenvalue weighted by molar-refractivity contribution is 6.69. The van der Waals surface area contributed by atoms with Crippen LogP contribution < -0.4 is 9.47 Å². The summed E-state index contributed by atoms with van der Waals surface area (Å²) in [5, 5.41) is 18.4. The lowest BCUT2D eigenvalue weighted by Crippen LogP contribution is -2.42. The van der Waals surface area contributed by atoms with Crippen molar-refractivity contribution in [1.29, 1.82) is 5.26 Å². The van der Waals surface area contributed by atoms with E-state index in [-0.39, 0.29) is 5.82 Å². The van der Waals surface area contributed by atoms with Gasteiger partial charge < -0.3 is 19.0 Å². The lowest BCUT2D eigenvalue weighted by Gasteiger charge is -2.37. The molecule has 4 rings (SSSR count). The maximum absolute atomic E-state index is 13.2. The lowest BCUT2D eigenvalue weighted by molar-refractivity contribution is -0.139. The normalized spacial score (nSPS) is 21.4. The van der Waals surface area contributed by atoms with Crippen LogP contribution in [0, 0.1) is 23.0 Å². The molecular weight excluding hydrogens is 436 g/mol. The average molecular weight is 462 g/mol. The average Bonchev–Trinajstić information content (AvgIpc) is 2.72. The third-order valence-corrected chi connectivity index (χ3v) is 6.03. The van der Waals surface area contributed by atoms with Crippen LogP contribution in [0.15, 0.2) is 36.4 Å². The fourth-order valence-electron chi connectivity index (χ4n) is 3.78. The Labute approximate surface area is 186 Å². The third-order valence-electron chi connectivity index (χ3n) is 5.06. The van der Waals surface area contributed by atoms with Crippen molar-refractivity contribution >= 4 is 14.3 Å². The van der Waals surface area contributed by atoms with Crippen LogP contribution in [0.3, 0.4) is 0 Å². The van der Waals surface area contributed by atoms with Gasteiger partial charge in [-0.3, -0.25) is 4.79 Å². The monoisotopic (exact) mass is 461 g/mol. The number of hydrogen-bond acceptors (Lipinski definition) is 5. The van der Waals surface area contributed by atoms with Gasteiger partial charge in [-0.15, -0.1) is 0 Å². The standard InChI is InChI=1S/C13H16FNO2Si.C10H9FO3/c1-18(2,3)17-13(9-15)6-7-16-12-8-10(14)4-5-11(12)13;11-6-1-2-7-8(10(12)13)3-4-14-9(7)5-6/h4-5,8H,6-7H2,1-3H3;1-2,5,8H,3-4H2,(H,12,13). The van der Waals surface area contributed by atoms with E-state index < -0.39 is 31.6 Å². The summed E-state index contributed by atoms with van der Waals surface area (Å²) in [5.74, 6) is -1.46. The highest BCUT2D eigenvalue weighted by atomic mass is 28.4. The largest absolute Gasteiger partial charge is 0.493 e. The molecule has 2 unspecified atom stereocenters. The molecule has 0 radical (unpaired) electrons. The van der Waals surface area contributed by atoms with Crippen molar-refractivity contribution in [2.24, 2.45) is 0 Å². The maximum Gasteiger partial charge on any atom is 0.311 e. The van der Waals surface area contributed by atoms with Crippen molar-refractivity contribution in [1.82, 2.24) is 0 Å². The fraction of sp³-hybridized carbons (Fsp3) is 0.391. The summed E-state index contributed by atoms with van der Waals surface area (Å²) < 4.78 is 42.6. The molecule has 0 bridgehead atoms. The lowest BCUT2D eigenvalue weighted by atomic mass is 9.89. The van der Waals surface area contributed by atoms with E-state index >= 15 is 0 Å². The number of nitrogens with zero attached hydrogens (tertiary/aromatic N) is 1. The smallest absolute Gasteiger partial charge is 0.311 e. The van der Waals surface area contributed by atoms with Crippen LogP contribution in [0.2, 0.25) is 19.6 Å². The van der Waals surface area contributed by atoms with Crippen molar-refractivity contribution in [3.63, 3.8) is 0 Å². The molecule has 0 fully saturated rings. The van der Waals surface area contributed by atoms with E-state index in [4.69, 9.17) is 19.0 Å². The van der Waals surface area contributed by atoms with Crippen molar-refractivity contribution in [3.8, 4) is 17.6 Å². The summed E-state index contributed by atoms with van der Waals surface area (Å²) in [6.07, 6.45) is 0.917. The minimum Gasteiger partial charge on any atom is -0.493 e.